The van der Waals surface area contributed by atoms with E-state index in [0.717, 1.165) is 21.3 Å². The molecule has 0 fully saturated rings. The minimum atomic E-state index is -0.953. The summed E-state index contributed by atoms with van der Waals surface area (Å²) in [5.74, 6) is -0.953. The van der Waals surface area contributed by atoms with Gasteiger partial charge in [-0.15, -0.1) is 11.3 Å². The van der Waals surface area contributed by atoms with Crippen LogP contribution in [0.5, 0.6) is 0 Å². The van der Waals surface area contributed by atoms with Crippen molar-refractivity contribution in [2.75, 3.05) is 0 Å². The Morgan fingerprint density at radius 3 is 2.83 bits per heavy atom. The fourth-order valence-corrected chi connectivity index (χ4v) is 2.52. The van der Waals surface area contributed by atoms with Crippen LogP contribution in [0.25, 0.3) is 17.0 Å². The molecule has 92 valence electrons. The van der Waals surface area contributed by atoms with E-state index in [9.17, 15) is 4.79 Å². The third-order valence-electron chi connectivity index (χ3n) is 2.34. The first-order valence-corrected chi connectivity index (χ1v) is 6.20. The lowest BCUT2D eigenvalue weighted by Gasteiger charge is -2.01. The zero-order valence-electron chi connectivity index (χ0n) is 10.0. The molecule has 0 saturated carbocycles. The summed E-state index contributed by atoms with van der Waals surface area (Å²) in [5.41, 5.74) is 2.19. The molecule has 0 bridgehead atoms. The first kappa shape index (κ1) is 12.4. The SMILES string of the molecule is C/C(=C\C(=O)O)c1sc(C)nc1-c1ccccn1. The number of aliphatic carboxylic acids is 1. The Balaban J connectivity index is 2.53. The lowest BCUT2D eigenvalue weighted by atomic mass is 10.1. The first-order chi connectivity index (χ1) is 8.58. The number of carboxylic acids is 1. The fourth-order valence-electron chi connectivity index (χ4n) is 1.62. The molecular weight excluding hydrogens is 248 g/mol. The van der Waals surface area contributed by atoms with E-state index < -0.39 is 5.97 Å². The first-order valence-electron chi connectivity index (χ1n) is 5.38. The number of hydrogen-bond donors (Lipinski definition) is 1. The Hall–Kier alpha value is -2.01. The molecule has 2 rings (SSSR count). The largest absolute Gasteiger partial charge is 0.478 e. The van der Waals surface area contributed by atoms with Crippen LogP contribution >= 0.6 is 11.3 Å². The molecule has 0 aliphatic rings. The van der Waals surface area contributed by atoms with Crippen molar-refractivity contribution >= 4 is 22.9 Å². The predicted octanol–water partition coefficient (Wildman–Crippen LogP) is 3.00. The van der Waals surface area contributed by atoms with Gasteiger partial charge in [-0.25, -0.2) is 9.78 Å². The molecule has 0 spiro atoms. The van der Waals surface area contributed by atoms with Gasteiger partial charge in [0.1, 0.15) is 5.69 Å². The second-order valence-corrected chi connectivity index (χ2v) is 4.99. The van der Waals surface area contributed by atoms with Crippen LogP contribution in [-0.2, 0) is 4.79 Å². The number of pyridine rings is 1. The average molecular weight is 260 g/mol. The second-order valence-electron chi connectivity index (χ2n) is 3.79. The van der Waals surface area contributed by atoms with Crippen LogP contribution in [0.15, 0.2) is 30.5 Å². The fraction of sp³-hybridized carbons (Fsp3) is 0.154. The van der Waals surface area contributed by atoms with E-state index in [2.05, 4.69) is 9.97 Å². The van der Waals surface area contributed by atoms with E-state index in [-0.39, 0.29) is 0 Å². The van der Waals surface area contributed by atoms with Gasteiger partial charge in [0.25, 0.3) is 0 Å². The van der Waals surface area contributed by atoms with E-state index in [4.69, 9.17) is 5.11 Å². The highest BCUT2D eigenvalue weighted by Gasteiger charge is 2.14. The zero-order chi connectivity index (χ0) is 13.1. The monoisotopic (exact) mass is 260 g/mol. The third kappa shape index (κ3) is 2.62. The van der Waals surface area contributed by atoms with E-state index >= 15 is 0 Å². The van der Waals surface area contributed by atoms with Crippen LogP contribution in [0.1, 0.15) is 16.8 Å². The smallest absolute Gasteiger partial charge is 0.328 e. The van der Waals surface area contributed by atoms with Crippen LogP contribution in [0.3, 0.4) is 0 Å². The molecule has 1 N–H and O–H groups in total. The molecule has 0 aliphatic carbocycles. The van der Waals surface area contributed by atoms with Gasteiger partial charge in [0.15, 0.2) is 0 Å². The van der Waals surface area contributed by atoms with Crippen LogP contribution in [0.2, 0.25) is 0 Å². The van der Waals surface area contributed by atoms with E-state index in [1.165, 1.54) is 17.4 Å². The number of carbonyl (C=O) groups is 1. The topological polar surface area (TPSA) is 63.1 Å². The van der Waals surface area contributed by atoms with Gasteiger partial charge in [0.05, 0.1) is 15.6 Å². The molecule has 2 aromatic rings. The Morgan fingerprint density at radius 2 is 2.22 bits per heavy atom. The van der Waals surface area contributed by atoms with Gasteiger partial charge in [-0.1, -0.05) is 6.07 Å². The summed E-state index contributed by atoms with van der Waals surface area (Å²) in [5, 5.41) is 9.70. The Morgan fingerprint density at radius 1 is 1.44 bits per heavy atom. The van der Waals surface area contributed by atoms with E-state index in [0.29, 0.717) is 5.57 Å². The van der Waals surface area contributed by atoms with Crippen molar-refractivity contribution < 1.29 is 9.90 Å². The molecule has 2 aromatic heterocycles. The number of allylic oxidation sites excluding steroid dienone is 1. The number of rotatable bonds is 3. The highest BCUT2D eigenvalue weighted by Crippen LogP contribution is 2.32. The molecule has 0 amide bonds. The van der Waals surface area contributed by atoms with Gasteiger partial charge in [-0.05, 0) is 31.6 Å². The second kappa shape index (κ2) is 5.10. The normalized spacial score (nSPS) is 11.6. The van der Waals surface area contributed by atoms with E-state index in [1.807, 2.05) is 25.1 Å². The highest BCUT2D eigenvalue weighted by molar-refractivity contribution is 7.13. The lowest BCUT2D eigenvalue weighted by Crippen LogP contribution is -1.91. The summed E-state index contributed by atoms with van der Waals surface area (Å²) in [7, 11) is 0. The number of nitrogens with zero attached hydrogens (tertiary/aromatic N) is 2. The predicted molar refractivity (Wildman–Crippen MR) is 71.4 cm³/mol. The summed E-state index contributed by atoms with van der Waals surface area (Å²) < 4.78 is 0. The Kier molecular flexibility index (Phi) is 3.53. The van der Waals surface area contributed by atoms with Crippen molar-refractivity contribution in [1.29, 1.82) is 0 Å². The minimum absolute atomic E-state index is 0.689. The summed E-state index contributed by atoms with van der Waals surface area (Å²) in [6.07, 6.45) is 2.89. The van der Waals surface area contributed by atoms with Crippen LogP contribution < -0.4 is 0 Å². The van der Waals surface area contributed by atoms with Gasteiger partial charge in [0.2, 0.25) is 0 Å². The summed E-state index contributed by atoms with van der Waals surface area (Å²) >= 11 is 1.48. The van der Waals surface area contributed by atoms with Crippen molar-refractivity contribution in [1.82, 2.24) is 9.97 Å². The molecule has 0 aromatic carbocycles. The van der Waals surface area contributed by atoms with Gasteiger partial charge in [-0.3, -0.25) is 4.98 Å². The van der Waals surface area contributed by atoms with Gasteiger partial charge < -0.3 is 5.11 Å². The molecule has 0 atom stereocenters. The summed E-state index contributed by atoms with van der Waals surface area (Å²) in [4.78, 5) is 20.3. The minimum Gasteiger partial charge on any atom is -0.478 e. The molecule has 0 radical (unpaired) electrons. The van der Waals surface area contributed by atoms with Crippen molar-refractivity contribution in [2.45, 2.75) is 13.8 Å². The van der Waals surface area contributed by atoms with Crippen molar-refractivity contribution in [2.24, 2.45) is 0 Å². The van der Waals surface area contributed by atoms with Crippen molar-refractivity contribution in [3.05, 3.63) is 40.4 Å². The number of thiazole rings is 1. The summed E-state index contributed by atoms with van der Waals surface area (Å²) in [6, 6.07) is 5.59. The zero-order valence-corrected chi connectivity index (χ0v) is 10.9. The van der Waals surface area contributed by atoms with E-state index in [1.54, 1.807) is 13.1 Å². The number of aryl methyl sites for hydroxylation is 1. The molecule has 0 saturated heterocycles. The highest BCUT2D eigenvalue weighted by atomic mass is 32.1. The van der Waals surface area contributed by atoms with Crippen LogP contribution in [0, 0.1) is 6.92 Å². The number of carboxylic acid groups (broad SMARTS) is 1. The molecule has 18 heavy (non-hydrogen) atoms. The van der Waals surface area contributed by atoms with Crippen molar-refractivity contribution in [3.63, 3.8) is 0 Å². The van der Waals surface area contributed by atoms with Gasteiger partial charge in [0, 0.05) is 12.3 Å². The van der Waals surface area contributed by atoms with Crippen LogP contribution in [0.4, 0.5) is 0 Å². The average Bonchev–Trinajstić information content (AvgIpc) is 2.72. The third-order valence-corrected chi connectivity index (χ3v) is 3.45. The maximum atomic E-state index is 10.7. The Bertz CT molecular complexity index is 603. The molecule has 2 heterocycles. The molecule has 0 unspecified atom stereocenters. The molecular formula is C13H12N2O2S. The maximum Gasteiger partial charge on any atom is 0.328 e. The molecule has 4 nitrogen and oxygen atoms in total. The Labute approximate surface area is 109 Å². The molecule has 0 aliphatic heterocycles. The van der Waals surface area contributed by atoms with Crippen LogP contribution in [-0.4, -0.2) is 21.0 Å². The molecule has 5 heteroatoms. The van der Waals surface area contributed by atoms with Gasteiger partial charge in [-0.2, -0.15) is 0 Å². The number of aromatic nitrogens is 2. The number of hydrogen-bond acceptors (Lipinski definition) is 4. The van der Waals surface area contributed by atoms with Crippen molar-refractivity contribution in [3.8, 4) is 11.4 Å². The standard InChI is InChI=1S/C13H12N2O2S/c1-8(7-11(16)17)13-12(15-9(2)18-13)10-5-3-4-6-14-10/h3-7H,1-2H3,(H,16,17)/b8-7+. The summed E-state index contributed by atoms with van der Waals surface area (Å²) in [6.45, 7) is 3.67. The maximum absolute atomic E-state index is 10.7. The lowest BCUT2D eigenvalue weighted by molar-refractivity contribution is -0.131. The van der Waals surface area contributed by atoms with Gasteiger partial charge >= 0.3 is 5.97 Å². The quantitative estimate of drug-likeness (QED) is 0.862.